The minimum Gasteiger partial charge on any atom is -0.493 e. The lowest BCUT2D eigenvalue weighted by Crippen LogP contribution is -2.41. The highest BCUT2D eigenvalue weighted by Crippen LogP contribution is 2.36. The van der Waals surface area contributed by atoms with Crippen LogP contribution in [-0.2, 0) is 9.31 Å². The molecule has 1 aliphatic heterocycles. The van der Waals surface area contributed by atoms with Gasteiger partial charge in [0.25, 0.3) is 0 Å². The first kappa shape index (κ1) is 13.5. The van der Waals surface area contributed by atoms with E-state index in [0.29, 0.717) is 0 Å². The highest BCUT2D eigenvalue weighted by atomic mass is 16.7. The van der Waals surface area contributed by atoms with E-state index in [1.807, 2.05) is 50.4 Å². The predicted molar refractivity (Wildman–Crippen MR) is 77.5 cm³/mol. The summed E-state index contributed by atoms with van der Waals surface area (Å²) in [5.41, 5.74) is 0.964. The zero-order valence-corrected chi connectivity index (χ0v) is 12.5. The minimum atomic E-state index is -0.414. The van der Waals surface area contributed by atoms with Gasteiger partial charge in [0.05, 0.1) is 23.9 Å². The number of pyridine rings is 1. The number of methoxy groups -OCH3 is 1. The average molecular weight is 274 g/mol. The third kappa shape index (κ3) is 1.83. The van der Waals surface area contributed by atoms with Gasteiger partial charge in [0.2, 0.25) is 0 Å². The Morgan fingerprint density at radius 2 is 1.80 bits per heavy atom. The van der Waals surface area contributed by atoms with Gasteiger partial charge < -0.3 is 18.4 Å². The van der Waals surface area contributed by atoms with Crippen molar-refractivity contribution in [2.45, 2.75) is 38.9 Å². The molecule has 0 aromatic carbocycles. The van der Waals surface area contributed by atoms with Crippen molar-refractivity contribution in [3.05, 3.63) is 24.5 Å². The topological polar surface area (TPSA) is 45.0 Å². The summed E-state index contributed by atoms with van der Waals surface area (Å²) in [6.07, 6.45) is 3.63. The first-order chi connectivity index (χ1) is 9.36. The molecule has 0 amide bonds. The standard InChI is InChI=1S/C14H19BN2O3/c1-13(2)14(3,4)20-15(19-13)11-7-6-10(18-5)12-16-8-9-17(11)12/h6-9H,1-5H3. The molecule has 0 unspecified atom stereocenters. The Kier molecular flexibility index (Phi) is 2.85. The summed E-state index contributed by atoms with van der Waals surface area (Å²) in [5.74, 6) is 0.732. The lowest BCUT2D eigenvalue weighted by atomic mass is 9.84. The Bertz CT molecular complexity index is 635. The average Bonchev–Trinajstić information content (AvgIpc) is 2.91. The van der Waals surface area contributed by atoms with Crippen molar-refractivity contribution < 1.29 is 14.0 Å². The van der Waals surface area contributed by atoms with E-state index < -0.39 is 7.12 Å². The number of imidazole rings is 1. The Labute approximate surface area is 119 Å². The van der Waals surface area contributed by atoms with E-state index in [0.717, 1.165) is 17.0 Å². The number of ether oxygens (including phenoxy) is 1. The van der Waals surface area contributed by atoms with Crippen LogP contribution in [0.1, 0.15) is 27.7 Å². The number of hydrogen-bond donors (Lipinski definition) is 0. The van der Waals surface area contributed by atoms with E-state index in [4.69, 9.17) is 14.0 Å². The second-order valence-corrected chi connectivity index (χ2v) is 6.04. The first-order valence-electron chi connectivity index (χ1n) is 6.71. The third-order valence-corrected chi connectivity index (χ3v) is 4.26. The van der Waals surface area contributed by atoms with Crippen LogP contribution in [0.25, 0.3) is 5.65 Å². The van der Waals surface area contributed by atoms with Crippen LogP contribution >= 0.6 is 0 Å². The van der Waals surface area contributed by atoms with Crippen LogP contribution in [0.2, 0.25) is 0 Å². The van der Waals surface area contributed by atoms with Crippen LogP contribution in [0.4, 0.5) is 0 Å². The highest BCUT2D eigenvalue weighted by molar-refractivity contribution is 6.61. The summed E-state index contributed by atoms with van der Waals surface area (Å²) in [5, 5.41) is 0. The first-order valence-corrected chi connectivity index (χ1v) is 6.71. The van der Waals surface area contributed by atoms with Crippen molar-refractivity contribution in [2.24, 2.45) is 0 Å². The molecular formula is C14H19BN2O3. The van der Waals surface area contributed by atoms with Gasteiger partial charge in [0, 0.05) is 12.4 Å². The smallest absolute Gasteiger partial charge is 0.493 e. The van der Waals surface area contributed by atoms with Gasteiger partial charge >= 0.3 is 7.12 Å². The van der Waals surface area contributed by atoms with Gasteiger partial charge in [-0.2, -0.15) is 0 Å². The summed E-state index contributed by atoms with van der Waals surface area (Å²) >= 11 is 0. The molecule has 0 radical (unpaired) electrons. The minimum absolute atomic E-state index is 0.357. The van der Waals surface area contributed by atoms with E-state index in [1.165, 1.54) is 0 Å². The Balaban J connectivity index is 2.07. The summed E-state index contributed by atoms with van der Waals surface area (Å²) in [7, 11) is 1.22. The molecule has 6 heteroatoms. The Morgan fingerprint density at radius 3 is 2.40 bits per heavy atom. The molecule has 2 aromatic heterocycles. The van der Waals surface area contributed by atoms with E-state index in [-0.39, 0.29) is 11.2 Å². The van der Waals surface area contributed by atoms with E-state index in [9.17, 15) is 0 Å². The lowest BCUT2D eigenvalue weighted by Gasteiger charge is -2.32. The SMILES string of the molecule is COc1ccc(B2OC(C)(C)C(C)(C)O2)n2ccnc12. The summed E-state index contributed by atoms with van der Waals surface area (Å²) in [6, 6.07) is 3.85. The van der Waals surface area contributed by atoms with Crippen molar-refractivity contribution in [1.29, 1.82) is 0 Å². The quantitative estimate of drug-likeness (QED) is 0.781. The number of aromatic nitrogens is 2. The lowest BCUT2D eigenvalue weighted by molar-refractivity contribution is 0.00578. The Hall–Kier alpha value is -1.53. The van der Waals surface area contributed by atoms with Gasteiger partial charge in [0.1, 0.15) is 0 Å². The third-order valence-electron chi connectivity index (χ3n) is 4.26. The van der Waals surface area contributed by atoms with Crippen LogP contribution in [-0.4, -0.2) is 34.8 Å². The molecule has 1 aliphatic rings. The zero-order chi connectivity index (χ0) is 14.5. The molecule has 5 nitrogen and oxygen atoms in total. The van der Waals surface area contributed by atoms with Crippen molar-refractivity contribution in [1.82, 2.24) is 9.38 Å². The van der Waals surface area contributed by atoms with Crippen LogP contribution in [0.3, 0.4) is 0 Å². The monoisotopic (exact) mass is 274 g/mol. The fourth-order valence-corrected chi connectivity index (χ4v) is 2.33. The molecule has 106 valence electrons. The summed E-state index contributed by atoms with van der Waals surface area (Å²) in [4.78, 5) is 4.32. The molecule has 3 heterocycles. The zero-order valence-electron chi connectivity index (χ0n) is 12.5. The van der Waals surface area contributed by atoms with Crippen LogP contribution in [0.15, 0.2) is 24.5 Å². The van der Waals surface area contributed by atoms with Crippen molar-refractivity contribution in [3.63, 3.8) is 0 Å². The molecule has 0 atom stereocenters. The maximum Gasteiger partial charge on any atom is 0.512 e. The number of nitrogens with zero attached hydrogens (tertiary/aromatic N) is 2. The number of rotatable bonds is 2. The molecular weight excluding hydrogens is 255 g/mol. The molecule has 1 saturated heterocycles. The fraction of sp³-hybridized carbons (Fsp3) is 0.500. The second kappa shape index (κ2) is 4.23. The summed E-state index contributed by atoms with van der Waals surface area (Å²) in [6.45, 7) is 8.17. The number of hydrogen-bond acceptors (Lipinski definition) is 4. The second-order valence-electron chi connectivity index (χ2n) is 6.04. The van der Waals surface area contributed by atoms with Crippen molar-refractivity contribution in [2.75, 3.05) is 7.11 Å². The Morgan fingerprint density at radius 1 is 1.15 bits per heavy atom. The largest absolute Gasteiger partial charge is 0.512 e. The van der Waals surface area contributed by atoms with Gasteiger partial charge in [-0.25, -0.2) is 4.98 Å². The maximum atomic E-state index is 6.09. The molecule has 1 fully saturated rings. The van der Waals surface area contributed by atoms with Crippen LogP contribution in [0.5, 0.6) is 5.75 Å². The van der Waals surface area contributed by atoms with Crippen molar-refractivity contribution >= 4 is 18.4 Å². The molecule has 0 N–H and O–H groups in total. The molecule has 20 heavy (non-hydrogen) atoms. The van der Waals surface area contributed by atoms with Crippen molar-refractivity contribution in [3.8, 4) is 5.75 Å². The molecule has 0 saturated carbocycles. The van der Waals surface area contributed by atoms with Crippen LogP contribution in [0, 0.1) is 0 Å². The molecule has 3 rings (SSSR count). The van der Waals surface area contributed by atoms with E-state index >= 15 is 0 Å². The van der Waals surface area contributed by atoms with Gasteiger partial charge in [-0.15, -0.1) is 0 Å². The van der Waals surface area contributed by atoms with Gasteiger partial charge in [-0.05, 0) is 39.8 Å². The van der Waals surface area contributed by atoms with Gasteiger partial charge in [0.15, 0.2) is 11.4 Å². The molecule has 0 aliphatic carbocycles. The molecule has 2 aromatic rings. The predicted octanol–water partition coefficient (Wildman–Crippen LogP) is 1.64. The highest BCUT2D eigenvalue weighted by Gasteiger charge is 2.52. The van der Waals surface area contributed by atoms with Crippen LogP contribution < -0.4 is 10.3 Å². The molecule has 0 spiro atoms. The fourth-order valence-electron chi connectivity index (χ4n) is 2.33. The summed E-state index contributed by atoms with van der Waals surface area (Å²) < 4.78 is 19.4. The molecule has 0 bridgehead atoms. The van der Waals surface area contributed by atoms with Gasteiger partial charge in [-0.3, -0.25) is 0 Å². The normalized spacial score (nSPS) is 20.6. The van der Waals surface area contributed by atoms with E-state index in [2.05, 4.69) is 4.98 Å². The van der Waals surface area contributed by atoms with Gasteiger partial charge in [-0.1, -0.05) is 0 Å². The van der Waals surface area contributed by atoms with E-state index in [1.54, 1.807) is 13.3 Å². The maximum absolute atomic E-state index is 6.09. The number of fused-ring (bicyclic) bond motifs is 1.